The summed E-state index contributed by atoms with van der Waals surface area (Å²) >= 11 is 0. The van der Waals surface area contributed by atoms with Gasteiger partial charge in [0.1, 0.15) is 11.5 Å². The van der Waals surface area contributed by atoms with Gasteiger partial charge in [-0.25, -0.2) is 0 Å². The monoisotopic (exact) mass is 238 g/mol. The first kappa shape index (κ1) is 13.8. The van der Waals surface area contributed by atoms with Crippen molar-refractivity contribution in [2.75, 3.05) is 41.4 Å². The highest BCUT2D eigenvalue weighted by Crippen LogP contribution is 2.23. The van der Waals surface area contributed by atoms with Crippen LogP contribution in [0.1, 0.15) is 5.56 Å². The minimum atomic E-state index is 0.835. The zero-order valence-corrected chi connectivity index (χ0v) is 11.1. The molecule has 1 aromatic carbocycles. The quantitative estimate of drug-likeness (QED) is 0.777. The van der Waals surface area contributed by atoms with E-state index in [1.165, 1.54) is 5.56 Å². The highest BCUT2D eigenvalue weighted by molar-refractivity contribution is 5.38. The lowest BCUT2D eigenvalue weighted by Crippen LogP contribution is -2.26. The number of hydrogen-bond donors (Lipinski definition) is 1. The molecule has 0 aliphatic rings. The molecular weight excluding hydrogens is 216 g/mol. The normalized spacial score (nSPS) is 10.6. The summed E-state index contributed by atoms with van der Waals surface area (Å²) in [4.78, 5) is 2.25. The van der Waals surface area contributed by atoms with Gasteiger partial charge in [0.25, 0.3) is 0 Å². The number of likely N-dealkylation sites (N-methyl/N-ethyl adjacent to an activating group) is 2. The summed E-state index contributed by atoms with van der Waals surface area (Å²) in [6.45, 7) is 2.88. The molecule has 0 unspecified atom stereocenters. The molecule has 0 saturated heterocycles. The maximum absolute atomic E-state index is 5.25. The van der Waals surface area contributed by atoms with Crippen LogP contribution in [-0.4, -0.2) is 46.3 Å². The number of nitrogens with zero attached hydrogens (tertiary/aromatic N) is 1. The molecule has 0 radical (unpaired) electrons. The maximum Gasteiger partial charge on any atom is 0.122 e. The molecule has 0 bridgehead atoms. The van der Waals surface area contributed by atoms with Crippen molar-refractivity contribution in [2.24, 2.45) is 0 Å². The molecule has 0 saturated carbocycles. The van der Waals surface area contributed by atoms with Gasteiger partial charge < -0.3 is 19.7 Å². The smallest absolute Gasteiger partial charge is 0.122 e. The van der Waals surface area contributed by atoms with E-state index in [9.17, 15) is 0 Å². The molecule has 4 heteroatoms. The van der Waals surface area contributed by atoms with Gasteiger partial charge in [-0.15, -0.1) is 0 Å². The molecular formula is C13H22N2O2. The molecule has 0 heterocycles. The molecule has 1 aromatic rings. The van der Waals surface area contributed by atoms with E-state index < -0.39 is 0 Å². The Morgan fingerprint density at radius 1 is 1.12 bits per heavy atom. The molecule has 1 rings (SSSR count). The lowest BCUT2D eigenvalue weighted by atomic mass is 10.2. The number of nitrogens with one attached hydrogen (secondary N) is 1. The number of benzene rings is 1. The molecule has 96 valence electrons. The Morgan fingerprint density at radius 3 is 2.18 bits per heavy atom. The van der Waals surface area contributed by atoms with Crippen LogP contribution in [-0.2, 0) is 6.54 Å². The predicted molar refractivity (Wildman–Crippen MR) is 69.8 cm³/mol. The molecule has 0 spiro atoms. The van der Waals surface area contributed by atoms with Crippen molar-refractivity contribution < 1.29 is 9.47 Å². The van der Waals surface area contributed by atoms with Gasteiger partial charge in [-0.1, -0.05) is 0 Å². The fourth-order valence-corrected chi connectivity index (χ4v) is 1.65. The van der Waals surface area contributed by atoms with Crippen LogP contribution in [0.3, 0.4) is 0 Å². The number of hydrogen-bond acceptors (Lipinski definition) is 4. The molecule has 4 nitrogen and oxygen atoms in total. The van der Waals surface area contributed by atoms with Crippen LogP contribution in [0.25, 0.3) is 0 Å². The maximum atomic E-state index is 5.25. The van der Waals surface area contributed by atoms with Crippen molar-refractivity contribution in [2.45, 2.75) is 6.54 Å². The second-order valence-corrected chi connectivity index (χ2v) is 4.06. The third-order valence-electron chi connectivity index (χ3n) is 2.61. The van der Waals surface area contributed by atoms with E-state index in [1.54, 1.807) is 14.2 Å². The number of ether oxygens (including phenoxy) is 2. The van der Waals surface area contributed by atoms with Gasteiger partial charge in [-0.3, -0.25) is 0 Å². The zero-order chi connectivity index (χ0) is 12.7. The summed E-state index contributed by atoms with van der Waals surface area (Å²) in [5.41, 5.74) is 1.19. The number of rotatable bonds is 7. The van der Waals surface area contributed by atoms with Crippen molar-refractivity contribution in [1.82, 2.24) is 10.2 Å². The van der Waals surface area contributed by atoms with Gasteiger partial charge in [-0.2, -0.15) is 0 Å². The van der Waals surface area contributed by atoms with Gasteiger partial charge in [0, 0.05) is 25.7 Å². The van der Waals surface area contributed by atoms with Crippen LogP contribution in [0.15, 0.2) is 18.2 Å². The molecule has 0 aliphatic carbocycles. The van der Waals surface area contributed by atoms with Gasteiger partial charge >= 0.3 is 0 Å². The van der Waals surface area contributed by atoms with Gasteiger partial charge in [0.05, 0.1) is 14.2 Å². The average molecular weight is 238 g/mol. The van der Waals surface area contributed by atoms with Crippen LogP contribution >= 0.6 is 0 Å². The summed E-state index contributed by atoms with van der Waals surface area (Å²) in [6.07, 6.45) is 0. The van der Waals surface area contributed by atoms with E-state index in [2.05, 4.69) is 17.3 Å². The van der Waals surface area contributed by atoms with Crippen LogP contribution in [0.2, 0.25) is 0 Å². The lowest BCUT2D eigenvalue weighted by molar-refractivity contribution is 0.325. The van der Waals surface area contributed by atoms with E-state index >= 15 is 0 Å². The van der Waals surface area contributed by atoms with Crippen molar-refractivity contribution in [3.63, 3.8) is 0 Å². The summed E-state index contributed by atoms with van der Waals surface area (Å²) in [5, 5.41) is 3.14. The van der Waals surface area contributed by atoms with Crippen LogP contribution in [0.5, 0.6) is 11.5 Å². The van der Waals surface area contributed by atoms with E-state index in [4.69, 9.17) is 9.47 Å². The summed E-state index contributed by atoms with van der Waals surface area (Å²) < 4.78 is 10.5. The van der Waals surface area contributed by atoms with Gasteiger partial charge in [-0.05, 0) is 31.8 Å². The van der Waals surface area contributed by atoms with Crippen molar-refractivity contribution in [3.8, 4) is 11.5 Å². The molecule has 0 aromatic heterocycles. The second-order valence-electron chi connectivity index (χ2n) is 4.06. The Balaban J connectivity index is 2.68. The molecule has 1 N–H and O–H groups in total. The van der Waals surface area contributed by atoms with E-state index in [0.717, 1.165) is 31.1 Å². The summed E-state index contributed by atoms with van der Waals surface area (Å²) in [7, 11) is 7.40. The second kappa shape index (κ2) is 7.14. The molecule has 0 amide bonds. The Hall–Kier alpha value is -1.26. The molecule has 0 aliphatic heterocycles. The molecule has 17 heavy (non-hydrogen) atoms. The molecule has 0 atom stereocenters. The third-order valence-corrected chi connectivity index (χ3v) is 2.61. The van der Waals surface area contributed by atoms with Crippen molar-refractivity contribution in [3.05, 3.63) is 23.8 Å². The standard InChI is InChI=1S/C13H22N2O2/c1-14-5-6-15(2)10-11-7-12(16-3)9-13(8-11)17-4/h7-9,14H,5-6,10H2,1-4H3. The van der Waals surface area contributed by atoms with Crippen LogP contribution in [0, 0.1) is 0 Å². The topological polar surface area (TPSA) is 33.7 Å². The van der Waals surface area contributed by atoms with Crippen molar-refractivity contribution in [1.29, 1.82) is 0 Å². The minimum Gasteiger partial charge on any atom is -0.497 e. The van der Waals surface area contributed by atoms with Gasteiger partial charge in [0.15, 0.2) is 0 Å². The summed E-state index contributed by atoms with van der Waals surface area (Å²) in [6, 6.07) is 5.97. The van der Waals surface area contributed by atoms with E-state index in [-0.39, 0.29) is 0 Å². The minimum absolute atomic E-state index is 0.835. The first-order valence-corrected chi connectivity index (χ1v) is 5.74. The van der Waals surface area contributed by atoms with Crippen LogP contribution < -0.4 is 14.8 Å². The summed E-state index contributed by atoms with van der Waals surface area (Å²) in [5.74, 6) is 1.67. The Kier molecular flexibility index (Phi) is 5.80. The Morgan fingerprint density at radius 2 is 1.71 bits per heavy atom. The van der Waals surface area contributed by atoms with Gasteiger partial charge in [0.2, 0.25) is 0 Å². The fraction of sp³-hybridized carbons (Fsp3) is 0.538. The van der Waals surface area contributed by atoms with E-state index in [0.29, 0.717) is 0 Å². The average Bonchev–Trinajstić information content (AvgIpc) is 2.35. The fourth-order valence-electron chi connectivity index (χ4n) is 1.65. The first-order valence-electron chi connectivity index (χ1n) is 5.74. The van der Waals surface area contributed by atoms with Crippen molar-refractivity contribution >= 4 is 0 Å². The van der Waals surface area contributed by atoms with E-state index in [1.807, 2.05) is 25.2 Å². The Labute approximate surface area is 104 Å². The van der Waals surface area contributed by atoms with Crippen LogP contribution in [0.4, 0.5) is 0 Å². The molecule has 0 fully saturated rings. The highest BCUT2D eigenvalue weighted by Gasteiger charge is 2.04. The predicted octanol–water partition coefficient (Wildman–Crippen LogP) is 1.35. The highest BCUT2D eigenvalue weighted by atomic mass is 16.5. The Bertz CT molecular complexity index is 320. The lowest BCUT2D eigenvalue weighted by Gasteiger charge is -2.17. The number of methoxy groups -OCH3 is 2. The first-order chi connectivity index (χ1) is 8.19. The zero-order valence-electron chi connectivity index (χ0n) is 11.1. The third kappa shape index (κ3) is 4.63. The largest absolute Gasteiger partial charge is 0.497 e. The SMILES string of the molecule is CNCCN(C)Cc1cc(OC)cc(OC)c1.